The molecule has 0 radical (unpaired) electrons. The highest BCUT2D eigenvalue weighted by Crippen LogP contribution is 2.42. The van der Waals surface area contributed by atoms with E-state index in [0.717, 1.165) is 58.9 Å². The Balaban J connectivity index is 1.65. The first-order valence-electron chi connectivity index (χ1n) is 12.1. The summed E-state index contributed by atoms with van der Waals surface area (Å²) in [7, 11) is -3.34. The summed E-state index contributed by atoms with van der Waals surface area (Å²) in [4.78, 5) is 9.65. The number of rotatable bonds is 7. The van der Waals surface area contributed by atoms with Gasteiger partial charge < -0.3 is 4.57 Å². The topological polar surface area (TPSA) is 64.8 Å². The largest absolute Gasteiger partial charge is 0.315 e. The van der Waals surface area contributed by atoms with Crippen molar-refractivity contribution in [3.63, 3.8) is 0 Å². The van der Waals surface area contributed by atoms with E-state index in [2.05, 4.69) is 9.55 Å². The number of benzene rings is 2. The lowest BCUT2D eigenvalue weighted by atomic mass is 9.94. The van der Waals surface area contributed by atoms with Crippen molar-refractivity contribution < 1.29 is 12.8 Å². The number of thioether (sulfide) groups is 1. The van der Waals surface area contributed by atoms with Gasteiger partial charge in [-0.2, -0.15) is 0 Å². The van der Waals surface area contributed by atoms with Crippen LogP contribution in [0.25, 0.3) is 22.5 Å². The average molecular weight is 522 g/mol. The van der Waals surface area contributed by atoms with Gasteiger partial charge in [0.1, 0.15) is 5.82 Å². The van der Waals surface area contributed by atoms with E-state index in [4.69, 9.17) is 4.98 Å². The quantitative estimate of drug-likeness (QED) is 0.246. The van der Waals surface area contributed by atoms with Crippen LogP contribution >= 0.6 is 11.8 Å². The Morgan fingerprint density at radius 2 is 1.64 bits per heavy atom. The fraction of sp³-hybridized carbons (Fsp3) is 0.286. The molecule has 0 N–H and O–H groups in total. The standard InChI is InChI=1S/C28H28FN3O2S2/c1-36(33,34)25-10-6-5-7-22(25)19-35-28-31-26(20-11-13-23(29)14-12-20)27(21-15-17-30-18-16-21)32(28)24-8-3-2-4-9-24/h5-7,10-18,24H,2-4,8-9,19H2,1H3. The fourth-order valence-electron chi connectivity index (χ4n) is 4.91. The summed E-state index contributed by atoms with van der Waals surface area (Å²) in [5.41, 5.74) is 4.40. The van der Waals surface area contributed by atoms with Gasteiger partial charge in [-0.05, 0) is 60.9 Å². The highest BCUT2D eigenvalue weighted by molar-refractivity contribution is 7.98. The number of sulfone groups is 1. The summed E-state index contributed by atoms with van der Waals surface area (Å²) in [6.45, 7) is 0. The molecular weight excluding hydrogens is 493 g/mol. The SMILES string of the molecule is CS(=O)(=O)c1ccccc1CSc1nc(-c2ccc(F)cc2)c(-c2ccncc2)n1C1CCCCC1. The molecule has 0 atom stereocenters. The van der Waals surface area contributed by atoms with Gasteiger partial charge in [0.25, 0.3) is 0 Å². The first-order valence-corrected chi connectivity index (χ1v) is 15.0. The zero-order valence-corrected chi connectivity index (χ0v) is 21.7. The number of imidazole rings is 1. The van der Waals surface area contributed by atoms with Gasteiger partial charge in [-0.25, -0.2) is 17.8 Å². The van der Waals surface area contributed by atoms with Crippen molar-refractivity contribution in [2.24, 2.45) is 0 Å². The van der Waals surface area contributed by atoms with Crippen LogP contribution in [0.4, 0.5) is 4.39 Å². The minimum absolute atomic E-state index is 0.288. The predicted molar refractivity (Wildman–Crippen MR) is 142 cm³/mol. The zero-order valence-electron chi connectivity index (χ0n) is 20.1. The van der Waals surface area contributed by atoms with E-state index in [9.17, 15) is 12.8 Å². The third kappa shape index (κ3) is 5.25. The van der Waals surface area contributed by atoms with Crippen LogP contribution in [0.3, 0.4) is 0 Å². The van der Waals surface area contributed by atoms with Crippen molar-refractivity contribution >= 4 is 21.6 Å². The van der Waals surface area contributed by atoms with Crippen molar-refractivity contribution in [3.05, 3.63) is 84.4 Å². The van der Waals surface area contributed by atoms with Crippen LogP contribution in [0.1, 0.15) is 43.7 Å². The van der Waals surface area contributed by atoms with E-state index in [-0.39, 0.29) is 11.9 Å². The summed E-state index contributed by atoms with van der Waals surface area (Å²) < 4.78 is 40.8. The van der Waals surface area contributed by atoms with E-state index in [1.165, 1.54) is 24.8 Å². The number of nitrogens with zero attached hydrogens (tertiary/aromatic N) is 3. The molecule has 0 bridgehead atoms. The molecule has 0 spiro atoms. The molecule has 1 fully saturated rings. The number of hydrogen-bond acceptors (Lipinski definition) is 5. The Hall–Kier alpha value is -2.97. The summed E-state index contributed by atoms with van der Waals surface area (Å²) in [6, 6.07) is 17.8. The van der Waals surface area contributed by atoms with Gasteiger partial charge >= 0.3 is 0 Å². The summed E-state index contributed by atoms with van der Waals surface area (Å²) in [6.07, 6.45) is 10.5. The molecule has 5 nitrogen and oxygen atoms in total. The summed E-state index contributed by atoms with van der Waals surface area (Å²) >= 11 is 1.55. The van der Waals surface area contributed by atoms with Gasteiger partial charge in [-0.3, -0.25) is 4.98 Å². The Morgan fingerprint density at radius 3 is 2.33 bits per heavy atom. The molecule has 1 aliphatic carbocycles. The fourth-order valence-corrected chi connectivity index (χ4v) is 7.02. The van der Waals surface area contributed by atoms with Crippen LogP contribution in [-0.2, 0) is 15.6 Å². The van der Waals surface area contributed by atoms with Crippen LogP contribution in [0.2, 0.25) is 0 Å². The van der Waals surface area contributed by atoms with Crippen molar-refractivity contribution in [3.8, 4) is 22.5 Å². The Kier molecular flexibility index (Phi) is 7.25. The number of halogens is 1. The second-order valence-corrected chi connectivity index (χ2v) is 12.1. The molecule has 4 aromatic rings. The van der Waals surface area contributed by atoms with E-state index in [0.29, 0.717) is 10.6 Å². The molecule has 0 aliphatic heterocycles. The normalized spacial score (nSPS) is 14.7. The summed E-state index contributed by atoms with van der Waals surface area (Å²) in [5, 5.41) is 0.844. The first-order chi connectivity index (χ1) is 17.4. The molecule has 1 aliphatic rings. The Labute approximate surface area is 215 Å². The molecule has 186 valence electrons. The van der Waals surface area contributed by atoms with Crippen molar-refractivity contribution in [1.29, 1.82) is 0 Å². The van der Waals surface area contributed by atoms with Gasteiger partial charge in [0, 0.05) is 41.6 Å². The van der Waals surface area contributed by atoms with E-state index in [1.807, 2.05) is 24.3 Å². The maximum absolute atomic E-state index is 13.8. The Bertz CT molecular complexity index is 1450. The molecular formula is C28H28FN3O2S2. The maximum Gasteiger partial charge on any atom is 0.175 e. The highest BCUT2D eigenvalue weighted by Gasteiger charge is 2.27. The lowest BCUT2D eigenvalue weighted by Crippen LogP contribution is -2.15. The van der Waals surface area contributed by atoms with Crippen LogP contribution in [-0.4, -0.2) is 29.2 Å². The van der Waals surface area contributed by atoms with Gasteiger partial charge in [0.2, 0.25) is 0 Å². The molecule has 8 heteroatoms. The van der Waals surface area contributed by atoms with E-state index < -0.39 is 9.84 Å². The summed E-state index contributed by atoms with van der Waals surface area (Å²) in [5.74, 6) is 0.189. The molecule has 0 amide bonds. The first kappa shape index (κ1) is 24.7. The third-order valence-electron chi connectivity index (χ3n) is 6.62. The van der Waals surface area contributed by atoms with Crippen molar-refractivity contribution in [1.82, 2.24) is 14.5 Å². The van der Waals surface area contributed by atoms with Gasteiger partial charge in [0.05, 0.1) is 16.3 Å². The Morgan fingerprint density at radius 1 is 0.944 bits per heavy atom. The molecule has 2 aromatic carbocycles. The smallest absolute Gasteiger partial charge is 0.175 e. The molecule has 0 unspecified atom stereocenters. The molecule has 36 heavy (non-hydrogen) atoms. The average Bonchev–Trinajstić information content (AvgIpc) is 3.28. The van der Waals surface area contributed by atoms with Crippen LogP contribution in [0, 0.1) is 5.82 Å². The molecule has 1 saturated carbocycles. The molecule has 5 rings (SSSR count). The van der Waals surface area contributed by atoms with Crippen LogP contribution < -0.4 is 0 Å². The second-order valence-electron chi connectivity index (χ2n) is 9.16. The monoisotopic (exact) mass is 521 g/mol. The highest BCUT2D eigenvalue weighted by atomic mass is 32.2. The lowest BCUT2D eigenvalue weighted by molar-refractivity contribution is 0.339. The minimum atomic E-state index is -3.34. The van der Waals surface area contributed by atoms with Gasteiger partial charge in [-0.15, -0.1) is 0 Å². The number of pyridine rings is 1. The maximum atomic E-state index is 13.8. The molecule has 2 aromatic heterocycles. The minimum Gasteiger partial charge on any atom is -0.315 e. The second kappa shape index (κ2) is 10.6. The van der Waals surface area contributed by atoms with Crippen LogP contribution in [0.5, 0.6) is 0 Å². The number of hydrogen-bond donors (Lipinski definition) is 0. The van der Waals surface area contributed by atoms with Gasteiger partial charge in [-0.1, -0.05) is 49.2 Å². The van der Waals surface area contributed by atoms with Crippen LogP contribution in [0.15, 0.2) is 83.1 Å². The van der Waals surface area contributed by atoms with Crippen molar-refractivity contribution in [2.45, 2.75) is 54.0 Å². The molecule has 0 saturated heterocycles. The molecule has 2 heterocycles. The predicted octanol–water partition coefficient (Wildman–Crippen LogP) is 6.95. The van der Waals surface area contributed by atoms with Crippen molar-refractivity contribution in [2.75, 3.05) is 6.26 Å². The van der Waals surface area contributed by atoms with E-state index in [1.54, 1.807) is 48.4 Å². The van der Waals surface area contributed by atoms with E-state index >= 15 is 0 Å². The zero-order chi connectivity index (χ0) is 25.1. The lowest BCUT2D eigenvalue weighted by Gasteiger charge is -2.27. The third-order valence-corrected chi connectivity index (χ3v) is 8.82. The number of aromatic nitrogens is 3. The van der Waals surface area contributed by atoms with Gasteiger partial charge in [0.15, 0.2) is 15.0 Å².